The van der Waals surface area contributed by atoms with E-state index in [2.05, 4.69) is 21.7 Å². The van der Waals surface area contributed by atoms with Crippen LogP contribution in [-0.2, 0) is 11.3 Å². The molecule has 4 heteroatoms. The van der Waals surface area contributed by atoms with Crippen molar-refractivity contribution in [3.63, 3.8) is 0 Å². The Balaban J connectivity index is 1.73. The molecule has 0 spiro atoms. The van der Waals surface area contributed by atoms with Gasteiger partial charge >= 0.3 is 5.97 Å². The van der Waals surface area contributed by atoms with Crippen molar-refractivity contribution in [2.75, 3.05) is 6.54 Å². The molecule has 0 aliphatic heterocycles. The molecule has 0 saturated heterocycles. The molecule has 2 fully saturated rings. The molecule has 0 radical (unpaired) electrons. The maximum Gasteiger partial charge on any atom is 0.310 e. The lowest BCUT2D eigenvalue weighted by Gasteiger charge is -2.34. The Labute approximate surface area is 131 Å². The van der Waals surface area contributed by atoms with Gasteiger partial charge in [0.1, 0.15) is 0 Å². The Kier molecular flexibility index (Phi) is 4.65. The first-order chi connectivity index (χ1) is 10.2. The summed E-state index contributed by atoms with van der Waals surface area (Å²) in [6, 6.07) is 2.78. The van der Waals surface area contributed by atoms with Gasteiger partial charge in [-0.05, 0) is 48.1 Å². The normalized spacial score (nSPS) is 22.1. The lowest BCUT2D eigenvalue weighted by Crippen LogP contribution is -2.43. The lowest BCUT2D eigenvalue weighted by atomic mass is 9.79. The van der Waals surface area contributed by atoms with Gasteiger partial charge in [-0.15, -0.1) is 0 Å². The van der Waals surface area contributed by atoms with E-state index < -0.39 is 11.4 Å². The molecule has 2 aliphatic rings. The fourth-order valence-electron chi connectivity index (χ4n) is 3.60. The maximum atomic E-state index is 12.0. The Morgan fingerprint density at radius 1 is 1.29 bits per heavy atom. The number of aliphatic carboxylic acids is 1. The third-order valence-corrected chi connectivity index (χ3v) is 5.78. The third-order valence-electron chi connectivity index (χ3n) is 5.05. The van der Waals surface area contributed by atoms with Gasteiger partial charge in [-0.2, -0.15) is 11.3 Å². The van der Waals surface area contributed by atoms with Crippen LogP contribution < -0.4 is 0 Å². The highest BCUT2D eigenvalue weighted by Crippen LogP contribution is 2.39. The molecule has 3 nitrogen and oxygen atoms in total. The van der Waals surface area contributed by atoms with Crippen LogP contribution in [0.5, 0.6) is 0 Å². The highest BCUT2D eigenvalue weighted by Gasteiger charge is 2.43. The molecule has 0 amide bonds. The van der Waals surface area contributed by atoms with Gasteiger partial charge in [-0.3, -0.25) is 9.69 Å². The number of hydrogen-bond donors (Lipinski definition) is 1. The summed E-state index contributed by atoms with van der Waals surface area (Å²) in [4.78, 5) is 14.4. The molecule has 1 aromatic heterocycles. The largest absolute Gasteiger partial charge is 0.481 e. The minimum atomic E-state index is -0.569. The fraction of sp³-hybridized carbons (Fsp3) is 0.706. The van der Waals surface area contributed by atoms with Crippen LogP contribution in [0.15, 0.2) is 16.8 Å². The van der Waals surface area contributed by atoms with Crippen molar-refractivity contribution in [1.82, 2.24) is 4.90 Å². The molecule has 1 aromatic rings. The number of carboxylic acid groups (broad SMARTS) is 1. The standard InChI is InChI=1S/C17H25NO2S/c19-16(20)17(8-3-1-2-4-9-17)13-18(15-5-6-15)11-14-7-10-21-12-14/h7,10,12,15H,1-6,8-9,11,13H2,(H,19,20). The van der Waals surface area contributed by atoms with Gasteiger partial charge < -0.3 is 5.11 Å². The average molecular weight is 307 g/mol. The van der Waals surface area contributed by atoms with Crippen LogP contribution in [0, 0.1) is 5.41 Å². The summed E-state index contributed by atoms with van der Waals surface area (Å²) >= 11 is 1.73. The molecule has 0 bridgehead atoms. The summed E-state index contributed by atoms with van der Waals surface area (Å²) in [7, 11) is 0. The molecule has 116 valence electrons. The van der Waals surface area contributed by atoms with Gasteiger partial charge in [0.25, 0.3) is 0 Å². The highest BCUT2D eigenvalue weighted by molar-refractivity contribution is 7.07. The number of thiophene rings is 1. The Hall–Kier alpha value is -0.870. The summed E-state index contributed by atoms with van der Waals surface area (Å²) in [6.45, 7) is 1.66. The Morgan fingerprint density at radius 3 is 2.52 bits per heavy atom. The third kappa shape index (κ3) is 3.67. The van der Waals surface area contributed by atoms with E-state index in [4.69, 9.17) is 0 Å². The minimum Gasteiger partial charge on any atom is -0.481 e. The smallest absolute Gasteiger partial charge is 0.310 e. The van der Waals surface area contributed by atoms with Crippen molar-refractivity contribution >= 4 is 17.3 Å². The molecule has 0 atom stereocenters. The number of carbonyl (C=O) groups is 1. The first kappa shape index (κ1) is 15.0. The van der Waals surface area contributed by atoms with Crippen molar-refractivity contribution in [1.29, 1.82) is 0 Å². The molecule has 2 aliphatic carbocycles. The molecule has 1 heterocycles. The van der Waals surface area contributed by atoms with E-state index in [1.807, 2.05) is 0 Å². The zero-order valence-electron chi connectivity index (χ0n) is 12.6. The van der Waals surface area contributed by atoms with Gasteiger partial charge in [-0.25, -0.2) is 0 Å². The first-order valence-electron chi connectivity index (χ1n) is 8.18. The van der Waals surface area contributed by atoms with E-state index in [1.54, 1.807) is 11.3 Å². The summed E-state index contributed by atoms with van der Waals surface area (Å²) in [5, 5.41) is 14.2. The highest BCUT2D eigenvalue weighted by atomic mass is 32.1. The number of carboxylic acids is 1. The number of hydrogen-bond acceptors (Lipinski definition) is 3. The predicted octanol–water partition coefficient (Wildman–Crippen LogP) is 4.14. The van der Waals surface area contributed by atoms with E-state index in [0.717, 1.165) is 38.8 Å². The van der Waals surface area contributed by atoms with Crippen molar-refractivity contribution in [3.8, 4) is 0 Å². The lowest BCUT2D eigenvalue weighted by molar-refractivity contribution is -0.151. The quantitative estimate of drug-likeness (QED) is 0.803. The second-order valence-corrected chi connectivity index (χ2v) is 7.55. The van der Waals surface area contributed by atoms with E-state index in [9.17, 15) is 9.90 Å². The van der Waals surface area contributed by atoms with E-state index in [-0.39, 0.29) is 0 Å². The molecular formula is C17H25NO2S. The van der Waals surface area contributed by atoms with Crippen LogP contribution in [0.4, 0.5) is 0 Å². The molecule has 0 aromatic carbocycles. The molecule has 21 heavy (non-hydrogen) atoms. The summed E-state index contributed by atoms with van der Waals surface area (Å²) < 4.78 is 0. The molecular weight excluding hydrogens is 282 g/mol. The first-order valence-corrected chi connectivity index (χ1v) is 9.12. The Bertz CT molecular complexity index is 459. The SMILES string of the molecule is O=C(O)C1(CN(Cc2ccsc2)C2CC2)CCCCCC1. The van der Waals surface area contributed by atoms with Gasteiger partial charge in [0.15, 0.2) is 0 Å². The van der Waals surface area contributed by atoms with Gasteiger partial charge in [-0.1, -0.05) is 25.7 Å². The Morgan fingerprint density at radius 2 is 2.00 bits per heavy atom. The molecule has 3 rings (SSSR count). The summed E-state index contributed by atoms with van der Waals surface area (Å²) in [6.07, 6.45) is 8.72. The van der Waals surface area contributed by atoms with Gasteiger partial charge in [0.05, 0.1) is 5.41 Å². The summed E-state index contributed by atoms with van der Waals surface area (Å²) in [5.41, 5.74) is 0.829. The second-order valence-electron chi connectivity index (χ2n) is 6.77. The van der Waals surface area contributed by atoms with Crippen molar-refractivity contribution in [3.05, 3.63) is 22.4 Å². The van der Waals surface area contributed by atoms with Crippen LogP contribution in [-0.4, -0.2) is 28.6 Å². The van der Waals surface area contributed by atoms with Crippen molar-refractivity contribution in [2.24, 2.45) is 5.41 Å². The molecule has 2 saturated carbocycles. The van der Waals surface area contributed by atoms with Crippen LogP contribution in [0.25, 0.3) is 0 Å². The molecule has 0 unspecified atom stereocenters. The van der Waals surface area contributed by atoms with E-state index in [1.165, 1.54) is 31.2 Å². The monoisotopic (exact) mass is 307 g/mol. The van der Waals surface area contributed by atoms with Crippen LogP contribution >= 0.6 is 11.3 Å². The zero-order valence-corrected chi connectivity index (χ0v) is 13.4. The van der Waals surface area contributed by atoms with E-state index in [0.29, 0.717) is 6.04 Å². The average Bonchev–Trinajstić information content (AvgIpc) is 3.23. The predicted molar refractivity (Wildman–Crippen MR) is 85.5 cm³/mol. The van der Waals surface area contributed by atoms with Crippen LogP contribution in [0.1, 0.15) is 56.9 Å². The minimum absolute atomic E-state index is 0.505. The van der Waals surface area contributed by atoms with Crippen LogP contribution in [0.2, 0.25) is 0 Å². The molecule has 1 N–H and O–H groups in total. The van der Waals surface area contributed by atoms with Crippen molar-refractivity contribution in [2.45, 2.75) is 64.0 Å². The topological polar surface area (TPSA) is 40.5 Å². The maximum absolute atomic E-state index is 12.0. The van der Waals surface area contributed by atoms with Crippen LogP contribution in [0.3, 0.4) is 0 Å². The fourth-order valence-corrected chi connectivity index (χ4v) is 4.26. The van der Waals surface area contributed by atoms with Gasteiger partial charge in [0.2, 0.25) is 0 Å². The van der Waals surface area contributed by atoms with Crippen molar-refractivity contribution < 1.29 is 9.90 Å². The van der Waals surface area contributed by atoms with Gasteiger partial charge in [0, 0.05) is 19.1 Å². The second kappa shape index (κ2) is 6.49. The number of nitrogens with zero attached hydrogens (tertiary/aromatic N) is 1. The number of rotatable bonds is 6. The zero-order chi connectivity index (χ0) is 14.7. The van der Waals surface area contributed by atoms with E-state index >= 15 is 0 Å². The summed E-state index contributed by atoms with van der Waals surface area (Å²) in [5.74, 6) is -0.569.